The minimum absolute atomic E-state index is 0.0305. The van der Waals surface area contributed by atoms with E-state index in [1.54, 1.807) is 20.8 Å². The molecule has 1 aromatic carbocycles. The number of nitrogens with zero attached hydrogens (tertiary/aromatic N) is 2. The Bertz CT molecular complexity index is 661. The number of aromatic nitrogens is 1. The summed E-state index contributed by atoms with van der Waals surface area (Å²) in [7, 11) is 1.41. The number of ether oxygens (including phenoxy) is 1. The lowest BCUT2D eigenvalue weighted by atomic mass is 10.2. The zero-order chi connectivity index (χ0) is 15.1. The summed E-state index contributed by atoms with van der Waals surface area (Å²) < 4.78 is 24.2. The Morgan fingerprint density at radius 3 is 2.70 bits per heavy atom. The predicted molar refractivity (Wildman–Crippen MR) is 73.0 cm³/mol. The number of rotatable bonds is 1. The number of nitrogen functional groups attached to an aromatic ring is 1. The summed E-state index contributed by atoms with van der Waals surface area (Å²) in [6.45, 7) is 5.19. The molecule has 2 aromatic rings. The number of anilines is 2. The molecule has 0 aliphatic heterocycles. The quantitative estimate of drug-likeness (QED) is 0.869. The van der Waals surface area contributed by atoms with Crippen LogP contribution in [0.2, 0.25) is 0 Å². The molecule has 1 aromatic heterocycles. The van der Waals surface area contributed by atoms with Crippen LogP contribution in [0.3, 0.4) is 0 Å². The van der Waals surface area contributed by atoms with Gasteiger partial charge in [-0.3, -0.25) is 4.90 Å². The first-order chi connectivity index (χ1) is 9.19. The Morgan fingerprint density at radius 1 is 1.45 bits per heavy atom. The molecule has 0 aliphatic rings. The van der Waals surface area contributed by atoms with Gasteiger partial charge in [0.15, 0.2) is 11.4 Å². The topological polar surface area (TPSA) is 81.6 Å². The van der Waals surface area contributed by atoms with E-state index in [0.29, 0.717) is 11.0 Å². The van der Waals surface area contributed by atoms with Gasteiger partial charge in [-0.05, 0) is 26.8 Å². The average Bonchev–Trinajstić information content (AvgIpc) is 2.67. The molecule has 0 spiro atoms. The van der Waals surface area contributed by atoms with Gasteiger partial charge in [0.25, 0.3) is 0 Å². The van der Waals surface area contributed by atoms with Crippen molar-refractivity contribution >= 4 is 28.6 Å². The zero-order valence-corrected chi connectivity index (χ0v) is 11.7. The minimum atomic E-state index is -0.664. The van der Waals surface area contributed by atoms with Crippen LogP contribution >= 0.6 is 0 Å². The standard InChI is InChI=1S/C13H16FN3O3/c1-13(2,3)19-12(18)17(4)9-6-10-7(5-8(9)14)11(15)16-20-10/h5-6H,1-4H3,(H2,15,16). The number of carbonyl (C=O) groups excluding carboxylic acids is 1. The minimum Gasteiger partial charge on any atom is -0.443 e. The maximum absolute atomic E-state index is 14.0. The van der Waals surface area contributed by atoms with Crippen LogP contribution in [0.15, 0.2) is 16.7 Å². The van der Waals surface area contributed by atoms with Crippen LogP contribution in [0.1, 0.15) is 20.8 Å². The summed E-state index contributed by atoms with van der Waals surface area (Å²) in [6, 6.07) is 2.54. The highest BCUT2D eigenvalue weighted by Crippen LogP contribution is 2.29. The summed E-state index contributed by atoms with van der Waals surface area (Å²) in [6.07, 6.45) is -0.664. The molecular weight excluding hydrogens is 265 g/mol. The molecule has 0 saturated carbocycles. The van der Waals surface area contributed by atoms with E-state index in [1.807, 2.05) is 0 Å². The SMILES string of the molecule is CN(C(=O)OC(C)(C)C)c1cc2onc(N)c2cc1F. The van der Waals surface area contributed by atoms with Crippen molar-refractivity contribution < 1.29 is 18.4 Å². The van der Waals surface area contributed by atoms with Gasteiger partial charge in [-0.1, -0.05) is 5.16 Å². The van der Waals surface area contributed by atoms with E-state index < -0.39 is 17.5 Å². The number of carbonyl (C=O) groups is 1. The third-order valence-corrected chi connectivity index (χ3v) is 2.60. The van der Waals surface area contributed by atoms with Gasteiger partial charge in [0, 0.05) is 13.1 Å². The maximum Gasteiger partial charge on any atom is 0.414 e. The van der Waals surface area contributed by atoms with Gasteiger partial charge in [-0.25, -0.2) is 9.18 Å². The Morgan fingerprint density at radius 2 is 2.10 bits per heavy atom. The van der Waals surface area contributed by atoms with Gasteiger partial charge >= 0.3 is 6.09 Å². The monoisotopic (exact) mass is 281 g/mol. The Kier molecular flexibility index (Phi) is 3.29. The van der Waals surface area contributed by atoms with Gasteiger partial charge in [-0.15, -0.1) is 0 Å². The van der Waals surface area contributed by atoms with Crippen LogP contribution < -0.4 is 10.6 Å². The molecule has 2 N–H and O–H groups in total. The third-order valence-electron chi connectivity index (χ3n) is 2.60. The van der Waals surface area contributed by atoms with Crippen LogP contribution in [0.25, 0.3) is 11.0 Å². The van der Waals surface area contributed by atoms with E-state index in [2.05, 4.69) is 5.16 Å². The largest absolute Gasteiger partial charge is 0.443 e. The highest BCUT2D eigenvalue weighted by atomic mass is 19.1. The van der Waals surface area contributed by atoms with E-state index in [-0.39, 0.29) is 11.5 Å². The van der Waals surface area contributed by atoms with E-state index in [1.165, 1.54) is 19.2 Å². The first-order valence-electron chi connectivity index (χ1n) is 6.00. The molecule has 2 rings (SSSR count). The van der Waals surface area contributed by atoms with E-state index in [0.717, 1.165) is 4.90 Å². The lowest BCUT2D eigenvalue weighted by molar-refractivity contribution is 0.0588. The van der Waals surface area contributed by atoms with Crippen molar-refractivity contribution in [3.05, 3.63) is 17.9 Å². The first-order valence-corrected chi connectivity index (χ1v) is 6.00. The van der Waals surface area contributed by atoms with Crippen LogP contribution in [0, 0.1) is 5.82 Å². The zero-order valence-electron chi connectivity index (χ0n) is 11.7. The summed E-state index contributed by atoms with van der Waals surface area (Å²) in [4.78, 5) is 13.0. The van der Waals surface area contributed by atoms with E-state index in [4.69, 9.17) is 15.0 Å². The maximum atomic E-state index is 14.0. The van der Waals surface area contributed by atoms with Gasteiger partial charge in [0.1, 0.15) is 11.4 Å². The van der Waals surface area contributed by atoms with Crippen molar-refractivity contribution in [3.63, 3.8) is 0 Å². The van der Waals surface area contributed by atoms with E-state index >= 15 is 0 Å². The molecule has 7 heteroatoms. The molecule has 1 heterocycles. The molecular formula is C13H16FN3O3. The Labute approximate surface area is 115 Å². The number of benzene rings is 1. The number of amides is 1. The number of hydrogen-bond acceptors (Lipinski definition) is 5. The van der Waals surface area contributed by atoms with Crippen molar-refractivity contribution in [3.8, 4) is 0 Å². The number of halogens is 1. The molecule has 0 atom stereocenters. The molecule has 0 saturated heterocycles. The van der Waals surface area contributed by atoms with Crippen molar-refractivity contribution in [1.29, 1.82) is 0 Å². The lowest BCUT2D eigenvalue weighted by Gasteiger charge is -2.24. The van der Waals surface area contributed by atoms with Crippen molar-refractivity contribution in [1.82, 2.24) is 5.16 Å². The fourth-order valence-corrected chi connectivity index (χ4v) is 1.65. The second kappa shape index (κ2) is 4.66. The highest BCUT2D eigenvalue weighted by Gasteiger charge is 2.23. The molecule has 0 bridgehead atoms. The average molecular weight is 281 g/mol. The van der Waals surface area contributed by atoms with Crippen LogP contribution in [-0.4, -0.2) is 23.9 Å². The molecule has 0 aliphatic carbocycles. The third kappa shape index (κ3) is 2.66. The van der Waals surface area contributed by atoms with Crippen molar-refractivity contribution in [2.75, 3.05) is 17.7 Å². The molecule has 0 unspecified atom stereocenters. The number of hydrogen-bond donors (Lipinski definition) is 1. The van der Waals surface area contributed by atoms with Crippen molar-refractivity contribution in [2.24, 2.45) is 0 Å². The fraction of sp³-hybridized carbons (Fsp3) is 0.385. The summed E-state index contributed by atoms with van der Waals surface area (Å²) in [5, 5.41) is 3.91. The molecule has 6 nitrogen and oxygen atoms in total. The predicted octanol–water partition coefficient (Wildman–Crippen LogP) is 2.92. The van der Waals surface area contributed by atoms with Crippen LogP contribution in [-0.2, 0) is 4.74 Å². The lowest BCUT2D eigenvalue weighted by Crippen LogP contribution is -2.34. The second-order valence-electron chi connectivity index (χ2n) is 5.41. The number of fused-ring (bicyclic) bond motifs is 1. The Hall–Kier alpha value is -2.31. The molecule has 1 amide bonds. The molecule has 108 valence electrons. The van der Waals surface area contributed by atoms with E-state index in [9.17, 15) is 9.18 Å². The summed E-state index contributed by atoms with van der Waals surface area (Å²) in [5.74, 6) is -0.508. The van der Waals surface area contributed by atoms with Crippen LogP contribution in [0.5, 0.6) is 0 Å². The molecule has 0 radical (unpaired) electrons. The second-order valence-corrected chi connectivity index (χ2v) is 5.41. The molecule has 0 fully saturated rings. The highest BCUT2D eigenvalue weighted by molar-refractivity contribution is 5.94. The van der Waals surface area contributed by atoms with Gasteiger partial charge in [0.05, 0.1) is 11.1 Å². The van der Waals surface area contributed by atoms with Crippen molar-refractivity contribution in [2.45, 2.75) is 26.4 Å². The number of nitrogens with two attached hydrogens (primary N) is 1. The van der Waals surface area contributed by atoms with Gasteiger partial charge < -0.3 is 15.0 Å². The summed E-state index contributed by atoms with van der Waals surface area (Å²) >= 11 is 0. The van der Waals surface area contributed by atoms with Gasteiger partial charge in [0.2, 0.25) is 0 Å². The fourth-order valence-electron chi connectivity index (χ4n) is 1.65. The molecule has 20 heavy (non-hydrogen) atoms. The van der Waals surface area contributed by atoms with Gasteiger partial charge in [-0.2, -0.15) is 0 Å². The van der Waals surface area contributed by atoms with Crippen LogP contribution in [0.4, 0.5) is 20.7 Å². The Balaban J connectivity index is 2.37. The summed E-state index contributed by atoms with van der Waals surface area (Å²) in [5.41, 5.74) is 5.20. The first kappa shape index (κ1) is 14.1. The smallest absolute Gasteiger partial charge is 0.414 e. The normalized spacial score (nSPS) is 11.7.